The first-order valence-corrected chi connectivity index (χ1v) is 6.23. The molecular formula is C10H11BrOS. The van der Waals surface area contributed by atoms with Gasteiger partial charge in [0, 0.05) is 9.37 Å². The van der Waals surface area contributed by atoms with Crippen LogP contribution in [0.4, 0.5) is 0 Å². The molecule has 2 rings (SSSR count). The fourth-order valence-corrected chi connectivity index (χ4v) is 2.49. The van der Waals surface area contributed by atoms with Gasteiger partial charge in [-0.1, -0.05) is 15.9 Å². The van der Waals surface area contributed by atoms with E-state index in [4.69, 9.17) is 0 Å². The number of aliphatic hydroxyl groups is 1. The molecule has 1 aromatic rings. The maximum absolute atomic E-state index is 9.91. The van der Waals surface area contributed by atoms with E-state index in [9.17, 15) is 5.11 Å². The van der Waals surface area contributed by atoms with Crippen molar-refractivity contribution < 1.29 is 5.11 Å². The average Bonchev–Trinajstić information content (AvgIpc) is 2.84. The van der Waals surface area contributed by atoms with Crippen molar-refractivity contribution in [1.29, 1.82) is 0 Å². The van der Waals surface area contributed by atoms with Crippen LogP contribution in [-0.2, 0) is 5.60 Å². The molecule has 0 aromatic heterocycles. The minimum atomic E-state index is -0.520. The van der Waals surface area contributed by atoms with Crippen LogP contribution in [0.3, 0.4) is 0 Å². The first-order valence-electron chi connectivity index (χ1n) is 4.21. The minimum absolute atomic E-state index is 0.520. The molecule has 1 N–H and O–H groups in total. The van der Waals surface area contributed by atoms with Crippen molar-refractivity contribution in [3.8, 4) is 0 Å². The third-order valence-corrected chi connectivity index (χ3v) is 3.53. The highest BCUT2D eigenvalue weighted by Crippen LogP contribution is 2.46. The molecule has 13 heavy (non-hydrogen) atoms. The Labute approximate surface area is 90.7 Å². The van der Waals surface area contributed by atoms with E-state index in [0.29, 0.717) is 0 Å². The molecule has 70 valence electrons. The molecule has 0 amide bonds. The Kier molecular flexibility index (Phi) is 2.43. The summed E-state index contributed by atoms with van der Waals surface area (Å²) in [5, 5.41) is 9.91. The second-order valence-corrected chi connectivity index (χ2v) is 5.21. The largest absolute Gasteiger partial charge is 0.385 e. The summed E-state index contributed by atoms with van der Waals surface area (Å²) >= 11 is 5.15. The van der Waals surface area contributed by atoms with Crippen LogP contribution in [0.25, 0.3) is 0 Å². The van der Waals surface area contributed by atoms with Crippen LogP contribution < -0.4 is 0 Å². The van der Waals surface area contributed by atoms with Gasteiger partial charge in [0.25, 0.3) is 0 Å². The molecule has 0 bridgehead atoms. The molecule has 0 heterocycles. The summed E-state index contributed by atoms with van der Waals surface area (Å²) in [4.78, 5) is 1.20. The molecule has 1 aliphatic carbocycles. The van der Waals surface area contributed by atoms with Crippen LogP contribution in [0.15, 0.2) is 27.6 Å². The second-order valence-electron chi connectivity index (χ2n) is 3.41. The third kappa shape index (κ3) is 1.92. The molecule has 3 heteroatoms. The highest BCUT2D eigenvalue weighted by atomic mass is 79.9. The Morgan fingerprint density at radius 3 is 2.62 bits per heavy atom. The van der Waals surface area contributed by atoms with Crippen molar-refractivity contribution in [3.05, 3.63) is 28.2 Å². The summed E-state index contributed by atoms with van der Waals surface area (Å²) in [6, 6.07) is 6.15. The summed E-state index contributed by atoms with van der Waals surface area (Å²) in [6.07, 6.45) is 3.84. The predicted molar refractivity (Wildman–Crippen MR) is 59.1 cm³/mol. The van der Waals surface area contributed by atoms with E-state index in [2.05, 4.69) is 28.1 Å². The zero-order valence-electron chi connectivity index (χ0n) is 7.38. The molecule has 1 saturated carbocycles. The van der Waals surface area contributed by atoms with E-state index in [0.717, 1.165) is 22.9 Å². The average molecular weight is 259 g/mol. The molecule has 0 aliphatic heterocycles. The number of benzene rings is 1. The first kappa shape index (κ1) is 9.56. The van der Waals surface area contributed by atoms with Crippen molar-refractivity contribution in [2.24, 2.45) is 0 Å². The maximum atomic E-state index is 9.91. The van der Waals surface area contributed by atoms with Gasteiger partial charge < -0.3 is 5.11 Å². The highest BCUT2D eigenvalue weighted by molar-refractivity contribution is 9.10. The van der Waals surface area contributed by atoms with Gasteiger partial charge in [-0.25, -0.2) is 0 Å². The summed E-state index contributed by atoms with van der Waals surface area (Å²) in [7, 11) is 0. The lowest BCUT2D eigenvalue weighted by Crippen LogP contribution is -2.03. The van der Waals surface area contributed by atoms with Gasteiger partial charge >= 0.3 is 0 Å². The van der Waals surface area contributed by atoms with Crippen LogP contribution in [0.5, 0.6) is 0 Å². The van der Waals surface area contributed by atoms with Gasteiger partial charge in [0.15, 0.2) is 0 Å². The molecule has 1 aliphatic rings. The summed E-state index contributed by atoms with van der Waals surface area (Å²) < 4.78 is 1.05. The molecule has 0 spiro atoms. The van der Waals surface area contributed by atoms with Gasteiger partial charge in [0.05, 0.1) is 5.60 Å². The highest BCUT2D eigenvalue weighted by Gasteiger charge is 2.42. The lowest BCUT2D eigenvalue weighted by molar-refractivity contribution is 0.151. The van der Waals surface area contributed by atoms with Gasteiger partial charge in [-0.15, -0.1) is 11.8 Å². The van der Waals surface area contributed by atoms with Crippen molar-refractivity contribution in [1.82, 2.24) is 0 Å². The fraction of sp³-hybridized carbons (Fsp3) is 0.400. The van der Waals surface area contributed by atoms with Crippen LogP contribution in [-0.4, -0.2) is 11.4 Å². The Balaban J connectivity index is 2.40. The topological polar surface area (TPSA) is 20.2 Å². The lowest BCUT2D eigenvalue weighted by Gasteiger charge is -2.10. The number of hydrogen-bond donors (Lipinski definition) is 1. The van der Waals surface area contributed by atoms with Crippen molar-refractivity contribution in [3.63, 3.8) is 0 Å². The first-order chi connectivity index (χ1) is 6.14. The van der Waals surface area contributed by atoms with Crippen LogP contribution in [0.1, 0.15) is 18.4 Å². The molecule has 0 atom stereocenters. The van der Waals surface area contributed by atoms with E-state index in [1.54, 1.807) is 11.8 Å². The van der Waals surface area contributed by atoms with E-state index < -0.39 is 5.60 Å². The molecular weight excluding hydrogens is 248 g/mol. The van der Waals surface area contributed by atoms with Gasteiger partial charge in [-0.2, -0.15) is 0 Å². The maximum Gasteiger partial charge on any atom is 0.0899 e. The minimum Gasteiger partial charge on any atom is -0.385 e. The predicted octanol–water partition coefficient (Wildman–Crippen LogP) is 3.15. The van der Waals surface area contributed by atoms with E-state index in [-0.39, 0.29) is 0 Å². The summed E-state index contributed by atoms with van der Waals surface area (Å²) in [6.45, 7) is 0. The van der Waals surface area contributed by atoms with Crippen LogP contribution >= 0.6 is 27.7 Å². The molecule has 1 aromatic carbocycles. The molecule has 1 fully saturated rings. The van der Waals surface area contributed by atoms with E-state index >= 15 is 0 Å². The van der Waals surface area contributed by atoms with Crippen molar-refractivity contribution >= 4 is 27.7 Å². The van der Waals surface area contributed by atoms with Gasteiger partial charge in [-0.3, -0.25) is 0 Å². The summed E-state index contributed by atoms with van der Waals surface area (Å²) in [5.74, 6) is 0. The Hall–Kier alpha value is 0.01000. The van der Waals surface area contributed by atoms with Gasteiger partial charge in [-0.05, 0) is 42.9 Å². The number of hydrogen-bond acceptors (Lipinski definition) is 2. The van der Waals surface area contributed by atoms with Crippen LogP contribution in [0, 0.1) is 0 Å². The molecule has 1 nitrogen and oxygen atoms in total. The SMILES string of the molecule is CSc1cc(Br)cc(C2(O)CC2)c1. The van der Waals surface area contributed by atoms with Crippen molar-refractivity contribution in [2.45, 2.75) is 23.3 Å². The fourth-order valence-electron chi connectivity index (χ4n) is 1.36. The zero-order valence-corrected chi connectivity index (χ0v) is 9.78. The second kappa shape index (κ2) is 3.30. The van der Waals surface area contributed by atoms with Crippen LogP contribution in [0.2, 0.25) is 0 Å². The molecule has 0 unspecified atom stereocenters. The number of rotatable bonds is 2. The Bertz CT molecular complexity index is 334. The smallest absolute Gasteiger partial charge is 0.0899 e. The quantitative estimate of drug-likeness (QED) is 0.823. The monoisotopic (exact) mass is 258 g/mol. The number of thioether (sulfide) groups is 1. The normalized spacial score (nSPS) is 18.7. The van der Waals surface area contributed by atoms with Gasteiger partial charge in [0.1, 0.15) is 0 Å². The standard InChI is InChI=1S/C10H11BrOS/c1-13-9-5-7(4-8(11)6-9)10(12)2-3-10/h4-6,12H,2-3H2,1H3. The summed E-state index contributed by atoms with van der Waals surface area (Å²) in [5.41, 5.74) is 0.528. The zero-order chi connectivity index (χ0) is 9.47. The van der Waals surface area contributed by atoms with E-state index in [1.165, 1.54) is 4.90 Å². The van der Waals surface area contributed by atoms with Gasteiger partial charge in [0.2, 0.25) is 0 Å². The third-order valence-electron chi connectivity index (χ3n) is 2.37. The number of halogens is 1. The molecule has 0 radical (unpaired) electrons. The van der Waals surface area contributed by atoms with E-state index in [1.807, 2.05) is 12.3 Å². The lowest BCUT2D eigenvalue weighted by atomic mass is 10.1. The Morgan fingerprint density at radius 2 is 2.08 bits per heavy atom. The molecule has 0 saturated heterocycles. The Morgan fingerprint density at radius 1 is 1.38 bits per heavy atom. The van der Waals surface area contributed by atoms with Crippen molar-refractivity contribution in [2.75, 3.05) is 6.26 Å².